The van der Waals surface area contributed by atoms with Crippen LogP contribution in [-0.4, -0.2) is 34.4 Å². The summed E-state index contributed by atoms with van der Waals surface area (Å²) >= 11 is 0. The van der Waals surface area contributed by atoms with Gasteiger partial charge in [-0.2, -0.15) is 4.80 Å². The molecule has 96 valence electrons. The van der Waals surface area contributed by atoms with E-state index < -0.39 is 0 Å². The number of hydrogen-bond donors (Lipinski definition) is 2. The summed E-state index contributed by atoms with van der Waals surface area (Å²) in [6.07, 6.45) is 0. The number of methoxy groups -OCH3 is 1. The van der Waals surface area contributed by atoms with Crippen molar-refractivity contribution < 1.29 is 4.74 Å². The first-order chi connectivity index (χ1) is 8.65. The van der Waals surface area contributed by atoms with Gasteiger partial charge in [0, 0.05) is 6.54 Å². The molecule has 1 aromatic heterocycles. The smallest absolute Gasteiger partial charge is 0.208 e. The number of anilines is 1. The van der Waals surface area contributed by atoms with Gasteiger partial charge in [-0.3, -0.25) is 0 Å². The highest BCUT2D eigenvalue weighted by molar-refractivity contribution is 5.74. The largest absolute Gasteiger partial charge is 0.494 e. The van der Waals surface area contributed by atoms with Crippen molar-refractivity contribution in [1.82, 2.24) is 25.5 Å². The third-order valence-corrected chi connectivity index (χ3v) is 2.51. The summed E-state index contributed by atoms with van der Waals surface area (Å²) in [5.41, 5.74) is 8.32. The second-order valence-electron chi connectivity index (χ2n) is 3.90. The van der Waals surface area contributed by atoms with Gasteiger partial charge in [0.15, 0.2) is 5.75 Å². The molecule has 0 saturated heterocycles. The summed E-state index contributed by atoms with van der Waals surface area (Å²) in [7, 11) is 5.16. The molecule has 0 aliphatic carbocycles. The number of nitrogens with one attached hydrogen (secondary N) is 1. The first kappa shape index (κ1) is 12.3. The molecule has 2 rings (SSSR count). The van der Waals surface area contributed by atoms with Gasteiger partial charge < -0.3 is 15.8 Å². The standard InChI is InChI=1S/C11H16N6O/c1-13-6-7-4-8(10(18-3)9(12)5-7)11-14-16-17(2)15-11/h4-5,13H,6,12H2,1-3H3. The summed E-state index contributed by atoms with van der Waals surface area (Å²) in [5, 5.41) is 15.0. The maximum Gasteiger partial charge on any atom is 0.208 e. The van der Waals surface area contributed by atoms with Crippen LogP contribution in [0.25, 0.3) is 11.4 Å². The third-order valence-electron chi connectivity index (χ3n) is 2.51. The number of nitrogen functional groups attached to an aromatic ring is 1. The maximum absolute atomic E-state index is 5.97. The van der Waals surface area contributed by atoms with Gasteiger partial charge >= 0.3 is 0 Å². The Bertz CT molecular complexity index is 550. The molecular formula is C11H16N6O. The molecule has 1 heterocycles. The highest BCUT2D eigenvalue weighted by Gasteiger charge is 2.15. The van der Waals surface area contributed by atoms with Crippen LogP contribution in [0.1, 0.15) is 5.56 Å². The Hall–Kier alpha value is -2.15. The molecular weight excluding hydrogens is 232 g/mol. The minimum Gasteiger partial charge on any atom is -0.494 e. The molecule has 0 spiro atoms. The minimum atomic E-state index is 0.499. The lowest BCUT2D eigenvalue weighted by Gasteiger charge is -2.11. The van der Waals surface area contributed by atoms with Crippen LogP contribution in [0, 0.1) is 0 Å². The van der Waals surface area contributed by atoms with E-state index in [1.54, 1.807) is 14.2 Å². The monoisotopic (exact) mass is 248 g/mol. The highest BCUT2D eigenvalue weighted by atomic mass is 16.5. The molecule has 0 fully saturated rings. The molecule has 0 radical (unpaired) electrons. The van der Waals surface area contributed by atoms with Crippen molar-refractivity contribution in [3.05, 3.63) is 17.7 Å². The Balaban J connectivity index is 2.55. The normalized spacial score (nSPS) is 10.6. The van der Waals surface area contributed by atoms with Crippen LogP contribution in [0.3, 0.4) is 0 Å². The fourth-order valence-corrected chi connectivity index (χ4v) is 1.81. The predicted octanol–water partition coefficient (Wildman–Crippen LogP) is 0.187. The fourth-order valence-electron chi connectivity index (χ4n) is 1.81. The van der Waals surface area contributed by atoms with E-state index in [1.165, 1.54) is 4.80 Å². The van der Waals surface area contributed by atoms with Crippen molar-refractivity contribution >= 4 is 5.69 Å². The van der Waals surface area contributed by atoms with Gasteiger partial charge in [0.1, 0.15) is 0 Å². The first-order valence-corrected chi connectivity index (χ1v) is 5.51. The van der Waals surface area contributed by atoms with E-state index in [0.29, 0.717) is 23.8 Å². The van der Waals surface area contributed by atoms with Crippen LogP contribution in [0.15, 0.2) is 12.1 Å². The van der Waals surface area contributed by atoms with Crippen molar-refractivity contribution in [2.45, 2.75) is 6.54 Å². The second-order valence-corrected chi connectivity index (χ2v) is 3.90. The Labute approximate surface area is 105 Å². The number of nitrogens with two attached hydrogens (primary N) is 1. The number of rotatable bonds is 4. The summed E-state index contributed by atoms with van der Waals surface area (Å²) in [4.78, 5) is 1.40. The number of aryl methyl sites for hydroxylation is 1. The summed E-state index contributed by atoms with van der Waals surface area (Å²) in [5.74, 6) is 1.07. The zero-order chi connectivity index (χ0) is 13.1. The number of nitrogens with zero attached hydrogens (tertiary/aromatic N) is 4. The molecule has 0 aliphatic rings. The Morgan fingerprint density at radius 1 is 1.44 bits per heavy atom. The van der Waals surface area contributed by atoms with Crippen molar-refractivity contribution in [2.75, 3.05) is 19.9 Å². The van der Waals surface area contributed by atoms with Crippen LogP contribution in [0.5, 0.6) is 5.75 Å². The Kier molecular flexibility index (Phi) is 3.42. The van der Waals surface area contributed by atoms with E-state index in [2.05, 4.69) is 20.7 Å². The van der Waals surface area contributed by atoms with Gasteiger partial charge in [-0.15, -0.1) is 10.2 Å². The second kappa shape index (κ2) is 5.01. The molecule has 18 heavy (non-hydrogen) atoms. The van der Waals surface area contributed by atoms with Crippen molar-refractivity contribution in [2.24, 2.45) is 7.05 Å². The molecule has 2 aromatic rings. The van der Waals surface area contributed by atoms with Gasteiger partial charge in [-0.05, 0) is 30.0 Å². The molecule has 1 aromatic carbocycles. The summed E-state index contributed by atoms with van der Waals surface area (Å²) < 4.78 is 5.31. The van der Waals surface area contributed by atoms with Gasteiger partial charge in [-0.25, -0.2) is 0 Å². The van der Waals surface area contributed by atoms with Gasteiger partial charge in [0.25, 0.3) is 0 Å². The zero-order valence-corrected chi connectivity index (χ0v) is 10.6. The summed E-state index contributed by atoms with van der Waals surface area (Å²) in [6.45, 7) is 0.710. The van der Waals surface area contributed by atoms with Crippen LogP contribution < -0.4 is 15.8 Å². The molecule has 0 atom stereocenters. The number of hydrogen-bond acceptors (Lipinski definition) is 6. The lowest BCUT2D eigenvalue weighted by molar-refractivity contribution is 0.418. The van der Waals surface area contributed by atoms with E-state index >= 15 is 0 Å². The maximum atomic E-state index is 5.97. The Morgan fingerprint density at radius 2 is 2.22 bits per heavy atom. The molecule has 0 unspecified atom stereocenters. The molecule has 3 N–H and O–H groups in total. The molecule has 7 nitrogen and oxygen atoms in total. The lowest BCUT2D eigenvalue weighted by Crippen LogP contribution is -2.07. The van der Waals surface area contributed by atoms with Crippen LogP contribution in [0.4, 0.5) is 5.69 Å². The summed E-state index contributed by atoms with van der Waals surface area (Å²) in [6, 6.07) is 3.82. The van der Waals surface area contributed by atoms with Gasteiger partial charge in [0.2, 0.25) is 5.82 Å². The average Bonchev–Trinajstić information content (AvgIpc) is 2.75. The van der Waals surface area contributed by atoms with Crippen LogP contribution in [0.2, 0.25) is 0 Å². The quantitative estimate of drug-likeness (QED) is 0.750. The van der Waals surface area contributed by atoms with E-state index in [-0.39, 0.29) is 0 Å². The average molecular weight is 248 g/mol. The zero-order valence-electron chi connectivity index (χ0n) is 10.6. The van der Waals surface area contributed by atoms with Crippen LogP contribution >= 0.6 is 0 Å². The number of benzene rings is 1. The highest BCUT2D eigenvalue weighted by Crippen LogP contribution is 2.34. The molecule has 7 heteroatoms. The molecule has 0 saturated carbocycles. The van der Waals surface area contributed by atoms with E-state index in [9.17, 15) is 0 Å². The third kappa shape index (κ3) is 2.25. The first-order valence-electron chi connectivity index (χ1n) is 5.51. The van der Waals surface area contributed by atoms with E-state index in [4.69, 9.17) is 10.5 Å². The molecule has 0 aliphatic heterocycles. The van der Waals surface area contributed by atoms with Crippen molar-refractivity contribution in [1.29, 1.82) is 0 Å². The van der Waals surface area contributed by atoms with Gasteiger partial charge in [0.05, 0.1) is 25.4 Å². The van der Waals surface area contributed by atoms with Crippen molar-refractivity contribution in [3.8, 4) is 17.1 Å². The van der Waals surface area contributed by atoms with E-state index in [0.717, 1.165) is 11.1 Å². The number of aromatic nitrogens is 4. The number of ether oxygens (including phenoxy) is 1. The Morgan fingerprint density at radius 3 is 2.78 bits per heavy atom. The predicted molar refractivity (Wildman–Crippen MR) is 68.0 cm³/mol. The molecule has 0 amide bonds. The fraction of sp³-hybridized carbons (Fsp3) is 0.364. The SMILES string of the molecule is CNCc1cc(N)c(OC)c(-c2nnn(C)n2)c1. The topological polar surface area (TPSA) is 90.9 Å². The van der Waals surface area contributed by atoms with Crippen LogP contribution in [-0.2, 0) is 13.6 Å². The van der Waals surface area contributed by atoms with E-state index in [1.807, 2.05) is 19.2 Å². The minimum absolute atomic E-state index is 0.499. The molecule has 0 bridgehead atoms. The van der Waals surface area contributed by atoms with Gasteiger partial charge in [-0.1, -0.05) is 0 Å². The lowest BCUT2D eigenvalue weighted by atomic mass is 10.1. The number of tetrazole rings is 1. The van der Waals surface area contributed by atoms with Crippen molar-refractivity contribution in [3.63, 3.8) is 0 Å².